The Balaban J connectivity index is 1.52. The van der Waals surface area contributed by atoms with Gasteiger partial charge >= 0.3 is 0 Å². The highest BCUT2D eigenvalue weighted by molar-refractivity contribution is 7.89. The summed E-state index contributed by atoms with van der Waals surface area (Å²) in [6, 6.07) is 22.1. The van der Waals surface area contributed by atoms with E-state index in [0.29, 0.717) is 23.0 Å². The predicted molar refractivity (Wildman–Crippen MR) is 137 cm³/mol. The molecule has 1 aliphatic heterocycles. The number of benzene rings is 3. The Morgan fingerprint density at radius 3 is 2.39 bits per heavy atom. The first-order chi connectivity index (χ1) is 17.3. The highest BCUT2D eigenvalue weighted by Gasteiger charge is 2.35. The van der Waals surface area contributed by atoms with Crippen LogP contribution in [0.5, 0.6) is 5.75 Å². The first-order valence-electron chi connectivity index (χ1n) is 11.4. The van der Waals surface area contributed by atoms with Gasteiger partial charge in [-0.3, -0.25) is 9.59 Å². The monoisotopic (exact) mass is 527 g/mol. The summed E-state index contributed by atoms with van der Waals surface area (Å²) >= 11 is 5.89. The number of halogens is 1. The van der Waals surface area contributed by atoms with E-state index in [1.54, 1.807) is 31.2 Å². The molecule has 0 unspecified atom stereocenters. The molecule has 3 aromatic rings. The van der Waals surface area contributed by atoms with E-state index >= 15 is 0 Å². The van der Waals surface area contributed by atoms with Gasteiger partial charge in [0.15, 0.2) is 6.10 Å². The lowest BCUT2D eigenvalue weighted by molar-refractivity contribution is -0.128. The van der Waals surface area contributed by atoms with E-state index in [1.807, 2.05) is 30.3 Å². The molecule has 3 aromatic carbocycles. The van der Waals surface area contributed by atoms with Gasteiger partial charge in [-0.05, 0) is 42.0 Å². The number of hydrogen-bond donors (Lipinski definition) is 1. The molecule has 0 aromatic heterocycles. The number of anilines is 1. The summed E-state index contributed by atoms with van der Waals surface area (Å²) in [6.07, 6.45) is -0.949. The summed E-state index contributed by atoms with van der Waals surface area (Å²) in [4.78, 5) is 27.8. The zero-order valence-corrected chi connectivity index (χ0v) is 21.2. The highest BCUT2D eigenvalue weighted by atomic mass is 35.5. The van der Waals surface area contributed by atoms with Crippen LogP contribution in [0.1, 0.15) is 12.5 Å². The molecule has 0 saturated heterocycles. The minimum absolute atomic E-state index is 0.0436. The van der Waals surface area contributed by atoms with Crippen LogP contribution in [-0.2, 0) is 26.2 Å². The first-order valence-corrected chi connectivity index (χ1v) is 13.2. The molecule has 36 heavy (non-hydrogen) atoms. The minimum Gasteiger partial charge on any atom is -0.477 e. The van der Waals surface area contributed by atoms with Crippen molar-refractivity contribution >= 4 is 39.1 Å². The zero-order valence-electron chi connectivity index (χ0n) is 19.6. The molecular weight excluding hydrogens is 502 g/mol. The Hall–Kier alpha value is -3.40. The topological polar surface area (TPSA) is 96.0 Å². The molecule has 0 bridgehead atoms. The number of fused-ring (bicyclic) bond motifs is 1. The number of nitrogens with zero attached hydrogens (tertiary/aromatic N) is 2. The van der Waals surface area contributed by atoms with Crippen LogP contribution in [0.3, 0.4) is 0 Å². The summed E-state index contributed by atoms with van der Waals surface area (Å²) in [5.41, 5.74) is 1.41. The predicted octanol–water partition coefficient (Wildman–Crippen LogP) is 3.46. The number of likely N-dealkylation sites (N-methyl/N-ethyl adjacent to an activating group) is 1. The van der Waals surface area contributed by atoms with Crippen molar-refractivity contribution in [3.05, 3.63) is 89.4 Å². The largest absolute Gasteiger partial charge is 0.477 e. The molecule has 0 spiro atoms. The smallest absolute Gasteiger partial charge is 0.263 e. The van der Waals surface area contributed by atoms with E-state index < -0.39 is 28.6 Å². The fourth-order valence-corrected chi connectivity index (χ4v) is 5.39. The zero-order chi connectivity index (χ0) is 25.7. The molecule has 1 heterocycles. The highest BCUT2D eigenvalue weighted by Crippen LogP contribution is 2.33. The molecule has 1 atom stereocenters. The van der Waals surface area contributed by atoms with Gasteiger partial charge in [-0.2, -0.15) is 4.31 Å². The number of para-hydroxylation sites is 2. The third-order valence-corrected chi connectivity index (χ3v) is 7.98. The SMILES string of the molecule is CCN(CC(=O)N1C[C@H](C(=O)NCc2ccccc2)Oc2ccccc21)S(=O)(=O)c1ccc(Cl)cc1. The number of nitrogens with one attached hydrogen (secondary N) is 1. The van der Waals surface area contributed by atoms with Crippen molar-refractivity contribution in [2.75, 3.05) is 24.5 Å². The number of amides is 2. The van der Waals surface area contributed by atoms with Gasteiger partial charge in [0, 0.05) is 18.1 Å². The maximum Gasteiger partial charge on any atom is 0.263 e. The average Bonchev–Trinajstić information content (AvgIpc) is 2.90. The van der Waals surface area contributed by atoms with Gasteiger partial charge in [0.2, 0.25) is 15.9 Å². The number of ether oxygens (including phenoxy) is 1. The van der Waals surface area contributed by atoms with Crippen LogP contribution in [0.4, 0.5) is 5.69 Å². The molecular formula is C26H26ClN3O5S. The lowest BCUT2D eigenvalue weighted by Crippen LogP contribution is -2.53. The van der Waals surface area contributed by atoms with E-state index in [4.69, 9.17) is 16.3 Å². The Morgan fingerprint density at radius 2 is 1.69 bits per heavy atom. The Morgan fingerprint density at radius 1 is 1.03 bits per heavy atom. The quantitative estimate of drug-likeness (QED) is 0.484. The van der Waals surface area contributed by atoms with Gasteiger partial charge in [0.05, 0.1) is 23.7 Å². The molecule has 2 amide bonds. The Kier molecular flexibility index (Phi) is 7.93. The average molecular weight is 528 g/mol. The lowest BCUT2D eigenvalue weighted by atomic mass is 10.1. The van der Waals surface area contributed by atoms with Gasteiger partial charge in [-0.25, -0.2) is 8.42 Å². The number of sulfonamides is 1. The molecule has 0 saturated carbocycles. The van der Waals surface area contributed by atoms with Gasteiger partial charge in [-0.1, -0.05) is 61.0 Å². The fourth-order valence-electron chi connectivity index (χ4n) is 3.86. The second-order valence-corrected chi connectivity index (χ2v) is 10.5. The summed E-state index contributed by atoms with van der Waals surface area (Å²) < 4.78 is 33.3. The number of carbonyl (C=O) groups excluding carboxylic acids is 2. The summed E-state index contributed by atoms with van der Waals surface area (Å²) in [5, 5.41) is 3.25. The molecule has 0 radical (unpaired) electrons. The molecule has 0 fully saturated rings. The second kappa shape index (κ2) is 11.1. The number of hydrogen-bond acceptors (Lipinski definition) is 5. The Bertz CT molecular complexity index is 1330. The summed E-state index contributed by atoms with van der Waals surface area (Å²) in [7, 11) is -3.93. The molecule has 0 aliphatic carbocycles. The number of rotatable bonds is 8. The van der Waals surface area contributed by atoms with E-state index in [1.165, 1.54) is 29.2 Å². The third-order valence-electron chi connectivity index (χ3n) is 5.79. The van der Waals surface area contributed by atoms with Crippen LogP contribution in [0.25, 0.3) is 0 Å². The van der Waals surface area contributed by atoms with Crippen molar-refractivity contribution in [3.63, 3.8) is 0 Å². The van der Waals surface area contributed by atoms with E-state index in [2.05, 4.69) is 5.32 Å². The normalized spacial score (nSPS) is 15.2. The maximum absolute atomic E-state index is 13.4. The molecule has 10 heteroatoms. The van der Waals surface area contributed by atoms with E-state index in [-0.39, 0.29) is 23.9 Å². The molecule has 188 valence electrons. The lowest BCUT2D eigenvalue weighted by Gasteiger charge is -2.35. The molecule has 4 rings (SSSR count). The second-order valence-electron chi connectivity index (χ2n) is 8.17. The van der Waals surface area contributed by atoms with Crippen molar-refractivity contribution in [1.82, 2.24) is 9.62 Å². The van der Waals surface area contributed by atoms with Crippen LogP contribution in [0.2, 0.25) is 5.02 Å². The van der Waals surface area contributed by atoms with Gasteiger partial charge in [-0.15, -0.1) is 0 Å². The van der Waals surface area contributed by atoms with Crippen LogP contribution in [0.15, 0.2) is 83.8 Å². The van der Waals surface area contributed by atoms with Crippen LogP contribution in [0, 0.1) is 0 Å². The van der Waals surface area contributed by atoms with Gasteiger partial charge in [0.1, 0.15) is 5.75 Å². The van der Waals surface area contributed by atoms with Crippen LogP contribution >= 0.6 is 11.6 Å². The first kappa shape index (κ1) is 25.7. The van der Waals surface area contributed by atoms with Crippen molar-refractivity contribution in [3.8, 4) is 5.75 Å². The van der Waals surface area contributed by atoms with Gasteiger partial charge < -0.3 is 15.0 Å². The fraction of sp³-hybridized carbons (Fsp3) is 0.231. The van der Waals surface area contributed by atoms with Crippen molar-refractivity contribution in [2.24, 2.45) is 0 Å². The van der Waals surface area contributed by atoms with E-state index in [0.717, 1.165) is 9.87 Å². The number of carbonyl (C=O) groups is 2. The van der Waals surface area contributed by atoms with Gasteiger partial charge in [0.25, 0.3) is 5.91 Å². The summed E-state index contributed by atoms with van der Waals surface area (Å²) in [6.45, 7) is 1.62. The van der Waals surface area contributed by atoms with E-state index in [9.17, 15) is 18.0 Å². The Labute approximate surface area is 215 Å². The maximum atomic E-state index is 13.4. The molecule has 8 nitrogen and oxygen atoms in total. The van der Waals surface area contributed by atoms with Crippen molar-refractivity contribution < 1.29 is 22.7 Å². The van der Waals surface area contributed by atoms with Crippen LogP contribution < -0.4 is 15.0 Å². The molecule has 1 N–H and O–H groups in total. The minimum atomic E-state index is -3.93. The van der Waals surface area contributed by atoms with Crippen LogP contribution in [-0.4, -0.2) is 50.3 Å². The summed E-state index contributed by atoms with van der Waals surface area (Å²) in [5.74, 6) is -0.459. The third kappa shape index (κ3) is 5.70. The van der Waals surface area contributed by atoms with Crippen molar-refractivity contribution in [1.29, 1.82) is 0 Å². The standard InChI is InChI=1S/C26H26ClN3O5S/c1-2-29(36(33,34)21-14-12-20(27)13-15-21)18-25(31)30-17-24(35-23-11-7-6-10-22(23)30)26(32)28-16-19-8-4-3-5-9-19/h3-15,24H,2,16-18H2,1H3,(H,28,32)/t24-/m1/s1. The van der Waals surface area contributed by atoms with Crippen molar-refractivity contribution in [2.45, 2.75) is 24.5 Å². The molecule has 1 aliphatic rings.